The topological polar surface area (TPSA) is 72.4 Å². The van der Waals surface area contributed by atoms with Crippen molar-refractivity contribution < 1.29 is 4.79 Å². The molecule has 1 saturated heterocycles. The summed E-state index contributed by atoms with van der Waals surface area (Å²) in [6, 6.07) is 10.3. The molecule has 1 fully saturated rings. The maximum atomic E-state index is 10.8. The molecule has 4 nitrogen and oxygen atoms in total. The average Bonchev–Trinajstić information content (AvgIpc) is 2.60. The molecule has 1 aromatic carbocycles. The lowest BCUT2D eigenvalue weighted by Crippen LogP contribution is -2.34. The van der Waals surface area contributed by atoms with Crippen molar-refractivity contribution in [2.75, 3.05) is 19.6 Å². The Morgan fingerprint density at radius 3 is 2.53 bits per heavy atom. The van der Waals surface area contributed by atoms with Crippen LogP contribution >= 0.6 is 12.4 Å². The molecule has 0 saturated carbocycles. The fourth-order valence-electron chi connectivity index (χ4n) is 2.32. The molecule has 0 bridgehead atoms. The highest BCUT2D eigenvalue weighted by atomic mass is 35.5. The Labute approximate surface area is 107 Å². The minimum Gasteiger partial charge on any atom is -0.369 e. The summed E-state index contributed by atoms with van der Waals surface area (Å²) in [5.74, 6) is 0.0152. The number of nitrogens with zero attached hydrogens (tertiary/aromatic N) is 1. The van der Waals surface area contributed by atoms with E-state index < -0.39 is 0 Å². The monoisotopic (exact) mass is 255 g/mol. The maximum Gasteiger partial charge on any atom is 0.231 e. The second kappa shape index (κ2) is 6.00. The molecule has 0 unspecified atom stereocenters. The average molecular weight is 256 g/mol. The normalized spacial score (nSPS) is 24.3. The summed E-state index contributed by atoms with van der Waals surface area (Å²) in [5, 5.41) is 0. The van der Waals surface area contributed by atoms with E-state index in [1.165, 1.54) is 5.56 Å². The minimum absolute atomic E-state index is 0. The standard InChI is InChI=1S/C12H17N3O.ClH/c13-11-7-15(8-12(14)16)6-10(11)9-4-2-1-3-5-9;/h1-5,10-11H,6-8,13H2,(H2,14,16);1H/t10-,11+;/m0./s1. The molecule has 1 aliphatic rings. The smallest absolute Gasteiger partial charge is 0.231 e. The number of rotatable bonds is 3. The summed E-state index contributed by atoms with van der Waals surface area (Å²) in [4.78, 5) is 12.9. The third kappa shape index (κ3) is 3.43. The zero-order valence-electron chi connectivity index (χ0n) is 9.58. The van der Waals surface area contributed by atoms with Crippen LogP contribution in [0.4, 0.5) is 0 Å². The Hall–Kier alpha value is -1.10. The van der Waals surface area contributed by atoms with Gasteiger partial charge in [0, 0.05) is 25.0 Å². The molecular weight excluding hydrogens is 238 g/mol. The van der Waals surface area contributed by atoms with Gasteiger partial charge in [-0.15, -0.1) is 12.4 Å². The number of carbonyl (C=O) groups is 1. The summed E-state index contributed by atoms with van der Waals surface area (Å²) >= 11 is 0. The third-order valence-corrected chi connectivity index (χ3v) is 3.05. The molecule has 5 heteroatoms. The van der Waals surface area contributed by atoms with Crippen molar-refractivity contribution in [2.24, 2.45) is 11.5 Å². The van der Waals surface area contributed by atoms with Crippen LogP contribution in [0.15, 0.2) is 30.3 Å². The fourth-order valence-corrected chi connectivity index (χ4v) is 2.32. The van der Waals surface area contributed by atoms with Crippen molar-refractivity contribution in [1.82, 2.24) is 4.90 Å². The SMILES string of the molecule is Cl.NC(=O)CN1C[C@@H](N)[C@H](c2ccccc2)C1. The second-order valence-electron chi connectivity index (χ2n) is 4.34. The van der Waals surface area contributed by atoms with Gasteiger partial charge < -0.3 is 11.5 Å². The van der Waals surface area contributed by atoms with Crippen LogP contribution in [0, 0.1) is 0 Å². The lowest BCUT2D eigenvalue weighted by Gasteiger charge is -2.14. The molecule has 94 valence electrons. The molecule has 0 radical (unpaired) electrons. The number of hydrogen-bond acceptors (Lipinski definition) is 3. The number of benzene rings is 1. The maximum absolute atomic E-state index is 10.8. The summed E-state index contributed by atoms with van der Waals surface area (Å²) < 4.78 is 0. The van der Waals surface area contributed by atoms with Crippen LogP contribution in [0.25, 0.3) is 0 Å². The molecule has 0 spiro atoms. The van der Waals surface area contributed by atoms with Gasteiger partial charge in [0.15, 0.2) is 0 Å². The van der Waals surface area contributed by atoms with Crippen molar-refractivity contribution in [1.29, 1.82) is 0 Å². The molecule has 17 heavy (non-hydrogen) atoms. The summed E-state index contributed by atoms with van der Waals surface area (Å²) in [6.07, 6.45) is 0. The number of hydrogen-bond donors (Lipinski definition) is 2. The third-order valence-electron chi connectivity index (χ3n) is 3.05. The van der Waals surface area contributed by atoms with E-state index >= 15 is 0 Å². The van der Waals surface area contributed by atoms with Gasteiger partial charge in [-0.1, -0.05) is 30.3 Å². The number of halogens is 1. The van der Waals surface area contributed by atoms with Crippen molar-refractivity contribution in [3.05, 3.63) is 35.9 Å². The number of nitrogens with two attached hydrogens (primary N) is 2. The van der Waals surface area contributed by atoms with Gasteiger partial charge >= 0.3 is 0 Å². The Bertz CT molecular complexity index is 371. The van der Waals surface area contributed by atoms with E-state index in [1.54, 1.807) is 0 Å². The summed E-state index contributed by atoms with van der Waals surface area (Å²) in [7, 11) is 0. The van der Waals surface area contributed by atoms with Gasteiger partial charge in [-0.2, -0.15) is 0 Å². The van der Waals surface area contributed by atoms with Crippen molar-refractivity contribution in [3.63, 3.8) is 0 Å². The van der Waals surface area contributed by atoms with Crippen LogP contribution in [-0.2, 0) is 4.79 Å². The van der Waals surface area contributed by atoms with Crippen molar-refractivity contribution in [3.8, 4) is 0 Å². The second-order valence-corrected chi connectivity index (χ2v) is 4.34. The molecule has 2 rings (SSSR count). The van der Waals surface area contributed by atoms with Crippen LogP contribution in [-0.4, -0.2) is 36.5 Å². The van der Waals surface area contributed by atoms with E-state index in [2.05, 4.69) is 12.1 Å². The first-order valence-corrected chi connectivity index (χ1v) is 5.48. The Morgan fingerprint density at radius 2 is 1.94 bits per heavy atom. The summed E-state index contributed by atoms with van der Waals surface area (Å²) in [6.45, 7) is 1.85. The van der Waals surface area contributed by atoms with Gasteiger partial charge in [0.2, 0.25) is 5.91 Å². The highest BCUT2D eigenvalue weighted by Gasteiger charge is 2.31. The Kier molecular flexibility index (Phi) is 4.93. The Balaban J connectivity index is 0.00000144. The molecular formula is C12H18ClN3O. The van der Waals surface area contributed by atoms with E-state index in [4.69, 9.17) is 11.5 Å². The van der Waals surface area contributed by atoms with Crippen LogP contribution in [0.5, 0.6) is 0 Å². The Morgan fingerprint density at radius 1 is 1.29 bits per heavy atom. The van der Waals surface area contributed by atoms with Gasteiger partial charge in [-0.3, -0.25) is 9.69 Å². The zero-order valence-corrected chi connectivity index (χ0v) is 10.4. The highest BCUT2D eigenvalue weighted by molar-refractivity contribution is 5.85. The van der Waals surface area contributed by atoms with Gasteiger partial charge in [0.05, 0.1) is 6.54 Å². The minimum atomic E-state index is -0.291. The van der Waals surface area contributed by atoms with Gasteiger partial charge in [-0.25, -0.2) is 0 Å². The number of carbonyl (C=O) groups excluding carboxylic acids is 1. The lowest BCUT2D eigenvalue weighted by atomic mass is 9.95. The molecule has 0 aliphatic carbocycles. The van der Waals surface area contributed by atoms with Crippen LogP contribution < -0.4 is 11.5 Å². The molecule has 1 aliphatic heterocycles. The molecule has 4 N–H and O–H groups in total. The van der Waals surface area contributed by atoms with Crippen molar-refractivity contribution >= 4 is 18.3 Å². The lowest BCUT2D eigenvalue weighted by molar-refractivity contribution is -0.118. The van der Waals surface area contributed by atoms with Crippen LogP contribution in [0.2, 0.25) is 0 Å². The van der Waals surface area contributed by atoms with E-state index in [9.17, 15) is 4.79 Å². The van der Waals surface area contributed by atoms with E-state index in [-0.39, 0.29) is 24.4 Å². The predicted molar refractivity (Wildman–Crippen MR) is 70.0 cm³/mol. The van der Waals surface area contributed by atoms with Gasteiger partial charge in [0.1, 0.15) is 0 Å². The molecule has 1 amide bonds. The first kappa shape index (κ1) is 14.0. The van der Waals surface area contributed by atoms with Crippen LogP contribution in [0.1, 0.15) is 11.5 Å². The highest BCUT2D eigenvalue weighted by Crippen LogP contribution is 2.25. The first-order chi connectivity index (χ1) is 7.66. The number of primary amides is 1. The quantitative estimate of drug-likeness (QED) is 0.817. The van der Waals surface area contributed by atoms with E-state index in [1.807, 2.05) is 23.1 Å². The van der Waals surface area contributed by atoms with Crippen molar-refractivity contribution in [2.45, 2.75) is 12.0 Å². The summed E-state index contributed by atoms with van der Waals surface area (Å²) in [5.41, 5.74) is 12.5. The molecule has 1 heterocycles. The molecule has 1 aromatic rings. The van der Waals surface area contributed by atoms with Gasteiger partial charge in [0.25, 0.3) is 0 Å². The molecule has 0 aromatic heterocycles. The largest absolute Gasteiger partial charge is 0.369 e. The number of amides is 1. The zero-order chi connectivity index (χ0) is 11.5. The predicted octanol–water partition coefficient (Wildman–Crippen LogP) is 0.320. The first-order valence-electron chi connectivity index (χ1n) is 5.48. The fraction of sp³-hybridized carbons (Fsp3) is 0.417. The van der Waals surface area contributed by atoms with Crippen LogP contribution in [0.3, 0.4) is 0 Å². The molecule has 2 atom stereocenters. The number of likely N-dealkylation sites (tertiary alicyclic amines) is 1. The van der Waals surface area contributed by atoms with Gasteiger partial charge in [-0.05, 0) is 5.56 Å². The van der Waals surface area contributed by atoms with E-state index in [0.717, 1.165) is 13.1 Å². The van der Waals surface area contributed by atoms with E-state index in [0.29, 0.717) is 12.5 Å².